The third kappa shape index (κ3) is 4.79. The number of aliphatic hydroxyl groups excluding tert-OH is 1. The highest BCUT2D eigenvalue weighted by Gasteiger charge is 2.14. The van der Waals surface area contributed by atoms with Crippen molar-refractivity contribution in [1.29, 1.82) is 0 Å². The lowest BCUT2D eigenvalue weighted by Gasteiger charge is -2.06. The topological polar surface area (TPSA) is 97.1 Å². The number of aliphatic hydroxyl groups is 1. The van der Waals surface area contributed by atoms with Gasteiger partial charge >= 0.3 is 0 Å². The summed E-state index contributed by atoms with van der Waals surface area (Å²) in [4.78, 5) is 4.04. The Morgan fingerprint density at radius 2 is 1.78 bits per heavy atom. The van der Waals surface area contributed by atoms with Crippen LogP contribution >= 0.6 is 0 Å². The molecule has 2 N–H and O–H groups in total. The van der Waals surface area contributed by atoms with Crippen LogP contribution in [0.3, 0.4) is 0 Å². The van der Waals surface area contributed by atoms with Crippen molar-refractivity contribution in [2.45, 2.75) is 19.2 Å². The molecule has 0 bridgehead atoms. The summed E-state index contributed by atoms with van der Waals surface area (Å²) in [7, 11) is -3.32. The van der Waals surface area contributed by atoms with Crippen LogP contribution in [0.2, 0.25) is 0 Å². The maximum atomic E-state index is 11.9. The number of hydrogen-bond acceptors (Lipinski definition) is 5. The first-order chi connectivity index (χ1) is 13.0. The van der Waals surface area contributed by atoms with Gasteiger partial charge in [-0.15, -0.1) is 0 Å². The zero-order valence-electron chi connectivity index (χ0n) is 15.0. The van der Waals surface area contributed by atoms with Crippen LogP contribution in [0.4, 0.5) is 0 Å². The summed E-state index contributed by atoms with van der Waals surface area (Å²) in [6.45, 7) is 2.53. The minimum absolute atomic E-state index is 0.00185. The van der Waals surface area contributed by atoms with E-state index in [2.05, 4.69) is 14.8 Å². The van der Waals surface area contributed by atoms with Gasteiger partial charge in [-0.2, -0.15) is 5.10 Å². The molecule has 0 aliphatic heterocycles. The van der Waals surface area contributed by atoms with Crippen molar-refractivity contribution in [3.8, 4) is 22.4 Å². The third-order valence-electron chi connectivity index (χ3n) is 4.03. The van der Waals surface area contributed by atoms with Gasteiger partial charge in [-0.3, -0.25) is 9.67 Å². The summed E-state index contributed by atoms with van der Waals surface area (Å²) >= 11 is 0. The summed E-state index contributed by atoms with van der Waals surface area (Å²) in [5, 5.41) is 13.8. The summed E-state index contributed by atoms with van der Waals surface area (Å²) < 4.78 is 28.0. The summed E-state index contributed by atoms with van der Waals surface area (Å²) in [5.74, 6) is -0.0535. The first kappa shape index (κ1) is 19.2. The van der Waals surface area contributed by atoms with Crippen LogP contribution in [-0.2, 0) is 22.3 Å². The van der Waals surface area contributed by atoms with E-state index < -0.39 is 10.0 Å². The van der Waals surface area contributed by atoms with E-state index in [1.807, 2.05) is 42.6 Å². The number of benzene rings is 1. The first-order valence-corrected chi connectivity index (χ1v) is 10.3. The van der Waals surface area contributed by atoms with Crippen molar-refractivity contribution in [2.75, 3.05) is 13.2 Å². The molecule has 0 amide bonds. The van der Waals surface area contributed by atoms with Gasteiger partial charge in [0, 0.05) is 36.3 Å². The predicted octanol–water partition coefficient (Wildman–Crippen LogP) is 2.04. The van der Waals surface area contributed by atoms with Gasteiger partial charge in [0.1, 0.15) is 5.69 Å². The van der Waals surface area contributed by atoms with Crippen molar-refractivity contribution in [1.82, 2.24) is 19.5 Å². The molecule has 142 valence electrons. The Kier molecular flexibility index (Phi) is 6.00. The maximum Gasteiger partial charge on any atom is 0.215 e. The average Bonchev–Trinajstić information content (AvgIpc) is 3.07. The van der Waals surface area contributed by atoms with Gasteiger partial charge in [0.25, 0.3) is 0 Å². The highest BCUT2D eigenvalue weighted by atomic mass is 32.2. The zero-order valence-corrected chi connectivity index (χ0v) is 15.9. The largest absolute Gasteiger partial charge is 0.394 e. The fourth-order valence-electron chi connectivity index (χ4n) is 2.84. The Labute approximate surface area is 158 Å². The lowest BCUT2D eigenvalue weighted by molar-refractivity contribution is 0.269. The quantitative estimate of drug-likeness (QED) is 0.617. The van der Waals surface area contributed by atoms with Gasteiger partial charge in [0.15, 0.2) is 0 Å². The number of nitrogens with zero attached hydrogens (tertiary/aromatic N) is 3. The molecule has 0 unspecified atom stereocenters. The summed E-state index contributed by atoms with van der Waals surface area (Å²) in [5.41, 5.74) is 4.27. The lowest BCUT2D eigenvalue weighted by atomic mass is 10.0. The van der Waals surface area contributed by atoms with Crippen LogP contribution in [0.15, 0.2) is 55.0 Å². The van der Waals surface area contributed by atoms with Crippen molar-refractivity contribution >= 4 is 10.0 Å². The minimum Gasteiger partial charge on any atom is -0.394 e. The molecule has 0 aliphatic rings. The van der Waals surface area contributed by atoms with E-state index in [1.54, 1.807) is 24.0 Å². The van der Waals surface area contributed by atoms with Crippen molar-refractivity contribution in [2.24, 2.45) is 0 Å². The number of aromatic nitrogens is 3. The predicted molar refractivity (Wildman–Crippen MR) is 104 cm³/mol. The highest BCUT2D eigenvalue weighted by Crippen LogP contribution is 2.31. The van der Waals surface area contributed by atoms with E-state index in [4.69, 9.17) is 0 Å². The molecule has 8 heteroatoms. The second-order valence-electron chi connectivity index (χ2n) is 6.07. The molecule has 1 aromatic carbocycles. The molecule has 0 fully saturated rings. The summed E-state index contributed by atoms with van der Waals surface area (Å²) in [6.07, 6.45) is 5.30. The van der Waals surface area contributed by atoms with Crippen molar-refractivity contribution in [3.63, 3.8) is 0 Å². The Morgan fingerprint density at radius 1 is 1.07 bits per heavy atom. The molecule has 0 saturated heterocycles. The van der Waals surface area contributed by atoms with Gasteiger partial charge in [0.05, 0.1) is 18.9 Å². The van der Waals surface area contributed by atoms with E-state index in [0.29, 0.717) is 18.7 Å². The van der Waals surface area contributed by atoms with E-state index in [0.717, 1.165) is 22.4 Å². The zero-order chi connectivity index (χ0) is 19.3. The molecule has 0 aliphatic carbocycles. The number of hydrogen-bond donors (Lipinski definition) is 2. The molecule has 0 spiro atoms. The summed E-state index contributed by atoms with van der Waals surface area (Å²) in [6, 6.07) is 11.2. The molecule has 3 aromatic rings. The van der Waals surface area contributed by atoms with Gasteiger partial charge in [0.2, 0.25) is 10.0 Å². The molecule has 0 atom stereocenters. The van der Waals surface area contributed by atoms with Gasteiger partial charge in [-0.05, 0) is 23.3 Å². The third-order valence-corrected chi connectivity index (χ3v) is 5.47. The van der Waals surface area contributed by atoms with E-state index >= 15 is 0 Å². The van der Waals surface area contributed by atoms with Gasteiger partial charge in [-0.1, -0.05) is 31.2 Å². The Hall–Kier alpha value is -2.55. The average molecular weight is 386 g/mol. The lowest BCUT2D eigenvalue weighted by Crippen LogP contribution is -2.24. The SMILES string of the molecule is CCNS(=O)(=O)Cc1ccc(-c2cn(CCO)nc2-c2ccncc2)cc1. The number of nitrogens with one attached hydrogen (secondary N) is 1. The van der Waals surface area contributed by atoms with Crippen LogP contribution in [0.1, 0.15) is 12.5 Å². The van der Waals surface area contributed by atoms with E-state index in [1.165, 1.54) is 0 Å². The molecule has 0 radical (unpaired) electrons. The van der Waals surface area contributed by atoms with Crippen molar-refractivity contribution < 1.29 is 13.5 Å². The van der Waals surface area contributed by atoms with E-state index in [9.17, 15) is 13.5 Å². The van der Waals surface area contributed by atoms with Crippen LogP contribution in [0, 0.1) is 0 Å². The van der Waals surface area contributed by atoms with Crippen molar-refractivity contribution in [3.05, 3.63) is 60.6 Å². The molecule has 0 saturated carbocycles. The highest BCUT2D eigenvalue weighted by molar-refractivity contribution is 7.88. The van der Waals surface area contributed by atoms with Crippen LogP contribution < -0.4 is 4.72 Å². The van der Waals surface area contributed by atoms with Crippen LogP contribution in [0.5, 0.6) is 0 Å². The van der Waals surface area contributed by atoms with Gasteiger partial charge in [-0.25, -0.2) is 13.1 Å². The molecule has 3 rings (SSSR count). The molecule has 2 aromatic heterocycles. The molecule has 27 heavy (non-hydrogen) atoms. The fraction of sp³-hybridized carbons (Fsp3) is 0.263. The molecule has 2 heterocycles. The Balaban J connectivity index is 1.94. The molecule has 7 nitrogen and oxygen atoms in total. The number of sulfonamides is 1. The monoisotopic (exact) mass is 386 g/mol. The number of pyridine rings is 1. The second-order valence-corrected chi connectivity index (χ2v) is 7.87. The van der Waals surface area contributed by atoms with Gasteiger partial charge < -0.3 is 5.11 Å². The van der Waals surface area contributed by atoms with Crippen LogP contribution in [-0.4, -0.2) is 41.4 Å². The normalized spacial score (nSPS) is 11.6. The minimum atomic E-state index is -3.32. The van der Waals surface area contributed by atoms with Crippen LogP contribution in [0.25, 0.3) is 22.4 Å². The van der Waals surface area contributed by atoms with E-state index in [-0.39, 0.29) is 12.4 Å². The Bertz CT molecular complexity index is 984. The second kappa shape index (κ2) is 8.43. The molecular weight excluding hydrogens is 364 g/mol. The smallest absolute Gasteiger partial charge is 0.215 e. The fourth-order valence-corrected chi connectivity index (χ4v) is 4.02. The Morgan fingerprint density at radius 3 is 2.41 bits per heavy atom. The number of rotatable bonds is 8. The molecular formula is C19H22N4O3S. The first-order valence-electron chi connectivity index (χ1n) is 8.68. The maximum absolute atomic E-state index is 11.9. The standard InChI is InChI=1S/C19H22N4O3S/c1-2-21-27(25,26)14-15-3-5-16(6-4-15)18-13-23(11-12-24)22-19(18)17-7-9-20-10-8-17/h3-10,13,21,24H,2,11-12,14H2,1H3.